The third-order valence-corrected chi connectivity index (χ3v) is 6.44. The number of rotatable bonds is 9. The average Bonchev–Trinajstić information content (AvgIpc) is 3.25. The van der Waals surface area contributed by atoms with Crippen LogP contribution in [0.3, 0.4) is 0 Å². The van der Waals surface area contributed by atoms with Crippen molar-refractivity contribution in [2.45, 2.75) is 30.6 Å². The number of aromatic nitrogens is 3. The smallest absolute Gasteiger partial charge is 0.416 e. The van der Waals surface area contributed by atoms with Crippen molar-refractivity contribution in [3.8, 4) is 17.2 Å². The predicted octanol–water partition coefficient (Wildman–Crippen LogP) is 7.32. The van der Waals surface area contributed by atoms with E-state index in [9.17, 15) is 13.2 Å². The molecule has 35 heavy (non-hydrogen) atoms. The highest BCUT2D eigenvalue weighted by Crippen LogP contribution is 2.32. The van der Waals surface area contributed by atoms with Gasteiger partial charge in [-0.2, -0.15) is 13.2 Å². The van der Waals surface area contributed by atoms with Crippen molar-refractivity contribution in [1.29, 1.82) is 0 Å². The number of hydrogen-bond acceptors (Lipinski definition) is 5. The Morgan fingerprint density at radius 2 is 1.60 bits per heavy atom. The summed E-state index contributed by atoms with van der Waals surface area (Å²) in [4.78, 5) is 0. The largest absolute Gasteiger partial charge is 0.494 e. The number of ether oxygens (including phenoxy) is 2. The Balaban J connectivity index is 1.59. The van der Waals surface area contributed by atoms with Gasteiger partial charge in [0.15, 0.2) is 11.0 Å². The molecule has 5 nitrogen and oxygen atoms in total. The van der Waals surface area contributed by atoms with Gasteiger partial charge in [0.25, 0.3) is 0 Å². The molecule has 0 radical (unpaired) electrons. The van der Waals surface area contributed by atoms with Gasteiger partial charge in [0.05, 0.1) is 12.2 Å². The van der Waals surface area contributed by atoms with E-state index in [1.54, 1.807) is 6.07 Å². The summed E-state index contributed by atoms with van der Waals surface area (Å²) >= 11 is 4.70. The second-order valence-corrected chi connectivity index (χ2v) is 9.25. The zero-order valence-corrected chi connectivity index (χ0v) is 21.0. The van der Waals surface area contributed by atoms with Crippen molar-refractivity contribution in [3.05, 3.63) is 94.2 Å². The molecule has 0 spiro atoms. The van der Waals surface area contributed by atoms with E-state index < -0.39 is 11.7 Å². The van der Waals surface area contributed by atoms with Gasteiger partial charge in [-0.15, -0.1) is 10.2 Å². The zero-order valence-electron chi connectivity index (χ0n) is 18.6. The maximum Gasteiger partial charge on any atom is 0.416 e. The van der Waals surface area contributed by atoms with E-state index in [-0.39, 0.29) is 6.61 Å². The molecule has 0 aliphatic carbocycles. The first-order chi connectivity index (χ1) is 16.8. The molecule has 0 atom stereocenters. The van der Waals surface area contributed by atoms with Crippen molar-refractivity contribution in [2.24, 2.45) is 0 Å². The Bertz CT molecular complexity index is 1260. The van der Waals surface area contributed by atoms with Crippen molar-refractivity contribution in [3.63, 3.8) is 0 Å². The molecule has 0 N–H and O–H groups in total. The average molecular weight is 564 g/mol. The van der Waals surface area contributed by atoms with Gasteiger partial charge in [0, 0.05) is 15.9 Å². The van der Waals surface area contributed by atoms with Crippen LogP contribution < -0.4 is 9.47 Å². The molecule has 0 saturated heterocycles. The monoisotopic (exact) mass is 563 g/mol. The Hall–Kier alpha value is -2.98. The summed E-state index contributed by atoms with van der Waals surface area (Å²) in [5, 5.41) is 9.14. The van der Waals surface area contributed by atoms with Crippen LogP contribution in [0.25, 0.3) is 5.69 Å². The van der Waals surface area contributed by atoms with Crippen molar-refractivity contribution in [2.75, 3.05) is 6.61 Å². The first-order valence-corrected chi connectivity index (χ1v) is 12.5. The first-order valence-electron chi connectivity index (χ1n) is 10.7. The van der Waals surface area contributed by atoms with Gasteiger partial charge in [-0.05, 0) is 67.1 Å². The maximum absolute atomic E-state index is 13.1. The summed E-state index contributed by atoms with van der Waals surface area (Å²) in [7, 11) is 0. The minimum absolute atomic E-state index is 0.159. The fourth-order valence-corrected chi connectivity index (χ4v) is 4.45. The van der Waals surface area contributed by atoms with Gasteiger partial charge in [-0.25, -0.2) is 0 Å². The minimum atomic E-state index is -4.39. The molecule has 0 aliphatic heterocycles. The van der Waals surface area contributed by atoms with Gasteiger partial charge >= 0.3 is 6.18 Å². The Morgan fingerprint density at radius 1 is 0.914 bits per heavy atom. The van der Waals surface area contributed by atoms with E-state index in [4.69, 9.17) is 9.47 Å². The van der Waals surface area contributed by atoms with Crippen molar-refractivity contribution >= 4 is 27.7 Å². The summed E-state index contributed by atoms with van der Waals surface area (Å²) < 4.78 is 53.5. The van der Waals surface area contributed by atoms with E-state index >= 15 is 0 Å². The summed E-state index contributed by atoms with van der Waals surface area (Å²) in [6.45, 7) is 2.62. The van der Waals surface area contributed by atoms with Crippen LogP contribution in [-0.4, -0.2) is 21.4 Å². The summed E-state index contributed by atoms with van der Waals surface area (Å²) in [5.74, 6) is 2.26. The highest BCUT2D eigenvalue weighted by Gasteiger charge is 2.30. The number of hydrogen-bond donors (Lipinski definition) is 0. The van der Waals surface area contributed by atoms with Crippen LogP contribution >= 0.6 is 27.7 Å². The lowest BCUT2D eigenvalue weighted by molar-refractivity contribution is -0.137. The summed E-state index contributed by atoms with van der Waals surface area (Å²) in [5.41, 5.74) is 0.658. The molecule has 10 heteroatoms. The van der Waals surface area contributed by atoms with Crippen LogP contribution in [0.5, 0.6) is 11.5 Å². The van der Waals surface area contributed by atoms with Crippen LogP contribution in [0.2, 0.25) is 0 Å². The maximum atomic E-state index is 13.1. The molecule has 0 unspecified atom stereocenters. The van der Waals surface area contributed by atoms with Crippen molar-refractivity contribution < 1.29 is 22.6 Å². The molecule has 1 aromatic heterocycles. The lowest BCUT2D eigenvalue weighted by Gasteiger charge is -2.13. The molecule has 0 aliphatic rings. The second-order valence-electron chi connectivity index (χ2n) is 7.39. The highest BCUT2D eigenvalue weighted by molar-refractivity contribution is 9.10. The van der Waals surface area contributed by atoms with Crippen LogP contribution in [0.4, 0.5) is 13.2 Å². The molecule has 0 bridgehead atoms. The third kappa shape index (κ3) is 6.58. The normalized spacial score (nSPS) is 11.5. The molecule has 4 aromatic rings. The van der Waals surface area contributed by atoms with E-state index in [1.807, 2.05) is 60.0 Å². The second kappa shape index (κ2) is 11.2. The van der Waals surface area contributed by atoms with Crippen LogP contribution in [0.1, 0.15) is 23.9 Å². The first kappa shape index (κ1) is 25.1. The minimum Gasteiger partial charge on any atom is -0.494 e. The van der Waals surface area contributed by atoms with Crippen LogP contribution in [0.15, 0.2) is 82.4 Å². The van der Waals surface area contributed by atoms with E-state index in [2.05, 4.69) is 26.1 Å². The lowest BCUT2D eigenvalue weighted by Crippen LogP contribution is -2.07. The molecule has 4 rings (SSSR count). The Labute approximate surface area is 213 Å². The van der Waals surface area contributed by atoms with E-state index in [1.165, 1.54) is 17.8 Å². The number of thioether (sulfide) groups is 1. The van der Waals surface area contributed by atoms with Crippen molar-refractivity contribution in [1.82, 2.24) is 14.8 Å². The number of benzene rings is 3. The van der Waals surface area contributed by atoms with Crippen LogP contribution in [-0.2, 0) is 18.5 Å². The molecule has 0 saturated carbocycles. The summed E-state index contributed by atoms with van der Waals surface area (Å²) in [6, 6.07) is 20.2. The van der Waals surface area contributed by atoms with Crippen LogP contribution in [0, 0.1) is 0 Å². The quantitative estimate of drug-likeness (QED) is 0.200. The topological polar surface area (TPSA) is 49.2 Å². The zero-order chi connectivity index (χ0) is 24.8. The fourth-order valence-electron chi connectivity index (χ4n) is 3.27. The predicted molar refractivity (Wildman–Crippen MR) is 132 cm³/mol. The molecular weight excluding hydrogens is 543 g/mol. The number of halogens is 4. The number of nitrogens with zero attached hydrogens (tertiary/aromatic N) is 3. The standard InChI is InChI=1S/C25H21BrF3N3O2S/c1-2-33-21-12-8-20(9-13-21)32-23(15-34-22-10-6-19(26)7-11-22)30-31-24(32)35-16-17-4-3-5-18(14-17)25(27,28)29/h3-14H,2,15-16H2,1H3. The van der Waals surface area contributed by atoms with Gasteiger partial charge < -0.3 is 9.47 Å². The highest BCUT2D eigenvalue weighted by atomic mass is 79.9. The SMILES string of the molecule is CCOc1ccc(-n2c(COc3ccc(Br)cc3)nnc2SCc2cccc(C(F)(F)F)c2)cc1. The molecule has 3 aromatic carbocycles. The third-order valence-electron chi connectivity index (χ3n) is 4.91. The van der Waals surface area contributed by atoms with Gasteiger partial charge in [0.2, 0.25) is 0 Å². The van der Waals surface area contributed by atoms with E-state index in [0.717, 1.165) is 28.0 Å². The Kier molecular flexibility index (Phi) is 8.02. The van der Waals surface area contributed by atoms with Gasteiger partial charge in [-0.3, -0.25) is 4.57 Å². The lowest BCUT2D eigenvalue weighted by atomic mass is 10.1. The molecule has 0 fully saturated rings. The van der Waals surface area contributed by atoms with E-state index in [0.29, 0.717) is 34.7 Å². The molecule has 0 amide bonds. The van der Waals surface area contributed by atoms with Gasteiger partial charge in [0.1, 0.15) is 18.1 Å². The molecule has 1 heterocycles. The molecular formula is C25H21BrF3N3O2S. The molecule has 182 valence electrons. The fraction of sp³-hybridized carbons (Fsp3) is 0.200. The Morgan fingerprint density at radius 3 is 2.29 bits per heavy atom. The van der Waals surface area contributed by atoms with Gasteiger partial charge in [-0.1, -0.05) is 45.9 Å². The number of alkyl halides is 3. The summed E-state index contributed by atoms with van der Waals surface area (Å²) in [6.07, 6.45) is -4.39.